The molecule has 83 heavy (non-hydrogen) atoms. The van der Waals surface area contributed by atoms with E-state index < -0.39 is 45.8 Å². The van der Waals surface area contributed by atoms with Gasteiger partial charge in [0, 0.05) is 119 Å². The van der Waals surface area contributed by atoms with Crippen LogP contribution in [-0.2, 0) is 33.8 Å². The van der Waals surface area contributed by atoms with E-state index in [4.69, 9.17) is 61.5 Å². The third-order valence-corrected chi connectivity index (χ3v) is 16.9. The predicted octanol–water partition coefficient (Wildman–Crippen LogP) is 9.96. The molecule has 0 spiro atoms. The van der Waals surface area contributed by atoms with E-state index in [0.717, 1.165) is 0 Å². The average molecular weight is 1200 g/mol. The number of rotatable bonds is 18. The number of hydrogen-bond acceptors (Lipinski definition) is 25. The molecular formula is C51H43F3N18O7PS3+. The predicted molar refractivity (Wildman–Crippen MR) is 309 cm³/mol. The zero-order chi connectivity index (χ0) is 58.0. The van der Waals surface area contributed by atoms with E-state index in [2.05, 4.69) is 45.7 Å². The van der Waals surface area contributed by atoms with E-state index in [0.29, 0.717) is 48.1 Å². The Bertz CT molecular complexity index is 4070. The standard InChI is InChI=1S/C51H43F3N18O7PS3/c1-81-37-4-25(31(52)7-34(37)55)43-40-46(77-67-49(40)58)28(13-61-43)22-10-64-70(16-22)19-74-80(73,75-20-71-17-23(11-65-71)29-14-62-44(41-47(29)78-68-50(41)59)26-5-38(82-2)35(56)8-32(26)53)76-21-72-18-24(12-66-72)30-15-63-45(42-48(30)79-69-51(42)60)27-6-39(83-3)36(57)9-33(27)54/h4-18,73H,19-21,55-57H2,1-3H3,(H2,58,67)(H2,59,68)(H2,60,69)/q+1. The maximum Gasteiger partial charge on any atom is 0.578 e. The van der Waals surface area contributed by atoms with Gasteiger partial charge in [-0.05, 0) is 55.2 Å². The van der Waals surface area contributed by atoms with Crippen LogP contribution >= 0.6 is 43.5 Å². The Balaban J connectivity index is 0.826. The molecule has 0 amide bonds. The number of nitrogen functional groups attached to an aromatic ring is 6. The lowest BCUT2D eigenvalue weighted by Gasteiger charge is -2.15. The number of hydrogen-bond donors (Lipinski definition) is 7. The fraction of sp³-hybridized carbons (Fsp3) is 0.118. The smallest absolute Gasteiger partial charge is 0.398 e. The normalized spacial score (nSPS) is 12.0. The quantitative estimate of drug-likeness (QED) is 0.0238. The summed E-state index contributed by atoms with van der Waals surface area (Å²) in [6, 6.07) is 8.39. The van der Waals surface area contributed by atoms with Crippen molar-refractivity contribution in [3.05, 3.63) is 110 Å². The van der Waals surface area contributed by atoms with Crippen LogP contribution in [0.3, 0.4) is 0 Å². The summed E-state index contributed by atoms with van der Waals surface area (Å²) in [7, 11) is -4.42. The Kier molecular flexibility index (Phi) is 14.3. The molecule has 32 heteroatoms. The number of pyridine rings is 3. The van der Waals surface area contributed by atoms with Crippen molar-refractivity contribution >= 4 is 111 Å². The van der Waals surface area contributed by atoms with Gasteiger partial charge in [-0.25, -0.2) is 27.2 Å². The van der Waals surface area contributed by atoms with Crippen LogP contribution < -0.4 is 34.4 Å². The second-order valence-corrected chi connectivity index (χ2v) is 22.4. The maximum absolute atomic E-state index is 15.4. The molecule has 0 bridgehead atoms. The highest BCUT2D eigenvalue weighted by molar-refractivity contribution is 7.99. The molecule has 0 fully saturated rings. The van der Waals surface area contributed by atoms with Gasteiger partial charge in [0.1, 0.15) is 17.5 Å². The molecule has 0 radical (unpaired) electrons. The van der Waals surface area contributed by atoms with Crippen LogP contribution in [0.5, 0.6) is 0 Å². The number of anilines is 6. The topological polar surface area (TPSA) is 374 Å². The SMILES string of the molecule is CSc1cc(-c2ncc(-c3cnn(CO[P+](O)(OCn4cc(-c5cnc(-c6cc(SC)c(N)cc6F)c6c(N)noc56)cn4)OCn4cc(-c5cnc(-c6cc(SC)c(N)cc6F)c6c(N)noc56)cn4)c3)c3onc(N)c23)c(F)cc1N. The number of halogens is 3. The van der Waals surface area contributed by atoms with E-state index >= 15 is 13.2 Å². The lowest BCUT2D eigenvalue weighted by molar-refractivity contribution is 0.0194. The lowest BCUT2D eigenvalue weighted by Crippen LogP contribution is -2.14. The number of nitrogens with two attached hydrogens (primary N) is 6. The van der Waals surface area contributed by atoms with Crippen LogP contribution in [0, 0.1) is 17.5 Å². The fourth-order valence-electron chi connectivity index (χ4n) is 9.14. The molecule has 3 aromatic carbocycles. The monoisotopic (exact) mass is 1200 g/mol. The first-order valence-electron chi connectivity index (χ1n) is 24.2. The molecule has 12 rings (SSSR count). The number of benzene rings is 3. The summed E-state index contributed by atoms with van der Waals surface area (Å²) in [6.45, 7) is -1.36. The molecule has 0 atom stereocenters. The first-order valence-corrected chi connectivity index (χ1v) is 29.4. The molecule has 12 aromatic rings. The highest BCUT2D eigenvalue weighted by Gasteiger charge is 2.46. The van der Waals surface area contributed by atoms with Crippen LogP contribution in [-0.4, -0.2) is 83.4 Å². The van der Waals surface area contributed by atoms with Crippen LogP contribution in [0.15, 0.2) is 120 Å². The first-order chi connectivity index (χ1) is 40.0. The van der Waals surface area contributed by atoms with Crippen molar-refractivity contribution in [3.8, 4) is 67.2 Å². The molecule has 0 aliphatic carbocycles. The Morgan fingerprint density at radius 2 is 0.747 bits per heavy atom. The van der Waals surface area contributed by atoms with E-state index in [9.17, 15) is 4.89 Å². The molecule has 25 nitrogen and oxygen atoms in total. The van der Waals surface area contributed by atoms with Gasteiger partial charge in [0.15, 0.2) is 54.4 Å². The Labute approximate surface area is 478 Å². The van der Waals surface area contributed by atoms with Crippen LogP contribution in [0.1, 0.15) is 0 Å². The molecule has 0 aliphatic rings. The van der Waals surface area contributed by atoms with E-state index in [-0.39, 0.29) is 101 Å². The number of thioether (sulfide) groups is 3. The highest BCUT2D eigenvalue weighted by Crippen LogP contribution is 2.59. The second kappa shape index (κ2) is 21.8. The minimum atomic E-state index is -4.42. The minimum Gasteiger partial charge on any atom is -0.398 e. The van der Waals surface area contributed by atoms with E-state index in [1.165, 1.54) is 105 Å². The van der Waals surface area contributed by atoms with Crippen LogP contribution in [0.25, 0.3) is 100 Å². The van der Waals surface area contributed by atoms with Crippen molar-refractivity contribution in [2.75, 3.05) is 53.2 Å². The largest absolute Gasteiger partial charge is 0.578 e. The summed E-state index contributed by atoms with van der Waals surface area (Å²) in [5, 5.41) is 25.9. The minimum absolute atomic E-state index is 0.0255. The van der Waals surface area contributed by atoms with Gasteiger partial charge in [-0.3, -0.25) is 15.0 Å². The van der Waals surface area contributed by atoms with E-state index in [1.54, 1.807) is 36.8 Å². The highest BCUT2D eigenvalue weighted by atomic mass is 32.2. The van der Waals surface area contributed by atoms with Crippen molar-refractivity contribution in [2.45, 2.75) is 34.9 Å². The molecular weight excluding hydrogens is 1160 g/mol. The van der Waals surface area contributed by atoms with Gasteiger partial charge in [-0.1, -0.05) is 15.5 Å². The summed E-state index contributed by atoms with van der Waals surface area (Å²) < 4.78 is 85.4. The molecule has 9 aromatic heterocycles. The van der Waals surface area contributed by atoms with E-state index in [1.807, 2.05) is 18.8 Å². The van der Waals surface area contributed by atoms with Crippen molar-refractivity contribution in [3.63, 3.8) is 0 Å². The Hall–Kier alpha value is -8.94. The van der Waals surface area contributed by atoms with Crippen LogP contribution in [0.4, 0.5) is 47.7 Å². The summed E-state index contributed by atoms with van der Waals surface area (Å²) in [5.74, 6) is -1.93. The number of aromatic nitrogens is 12. The first kappa shape index (κ1) is 54.6. The second-order valence-electron chi connectivity index (χ2n) is 18.1. The molecule has 0 unspecified atom stereocenters. The van der Waals surface area contributed by atoms with Crippen LogP contribution in [0.2, 0.25) is 0 Å². The molecule has 13 N–H and O–H groups in total. The van der Waals surface area contributed by atoms with Gasteiger partial charge in [0.25, 0.3) is 0 Å². The van der Waals surface area contributed by atoms with Gasteiger partial charge in [0.2, 0.25) is 0 Å². The molecule has 0 aliphatic heterocycles. The zero-order valence-electron chi connectivity index (χ0n) is 43.3. The fourth-order valence-corrected chi connectivity index (χ4v) is 11.7. The molecule has 0 saturated carbocycles. The Morgan fingerprint density at radius 3 is 1.02 bits per heavy atom. The van der Waals surface area contributed by atoms with Crippen molar-refractivity contribution in [2.24, 2.45) is 0 Å². The summed E-state index contributed by atoms with van der Waals surface area (Å²) >= 11 is 4.02. The summed E-state index contributed by atoms with van der Waals surface area (Å²) in [4.78, 5) is 27.9. The van der Waals surface area contributed by atoms with Crippen molar-refractivity contribution in [1.29, 1.82) is 0 Å². The zero-order valence-corrected chi connectivity index (χ0v) is 46.7. The third kappa shape index (κ3) is 10.0. The molecule has 0 saturated heterocycles. The summed E-state index contributed by atoms with van der Waals surface area (Å²) in [6.07, 6.45) is 19.0. The van der Waals surface area contributed by atoms with Gasteiger partial charge in [-0.15, -0.1) is 48.9 Å². The number of fused-ring (bicyclic) bond motifs is 3. The molecule has 422 valence electrons. The number of nitrogens with zero attached hydrogens (tertiary/aromatic N) is 12. The van der Waals surface area contributed by atoms with Gasteiger partial charge in [0.05, 0.1) is 51.8 Å². The van der Waals surface area contributed by atoms with Crippen molar-refractivity contribution < 1.29 is 45.2 Å². The van der Waals surface area contributed by atoms with Gasteiger partial charge in [-0.2, -0.15) is 20.2 Å². The average Bonchev–Trinajstić information content (AvgIpc) is 4.01. The Morgan fingerprint density at radius 1 is 0.458 bits per heavy atom. The summed E-state index contributed by atoms with van der Waals surface area (Å²) in [5.41, 5.74) is 41.9. The maximum atomic E-state index is 15.4. The molecule has 9 heterocycles. The van der Waals surface area contributed by atoms with Gasteiger partial charge >= 0.3 is 8.17 Å². The lowest BCUT2D eigenvalue weighted by atomic mass is 10.0. The van der Waals surface area contributed by atoms with Gasteiger partial charge < -0.3 is 48.0 Å². The third-order valence-electron chi connectivity index (χ3n) is 13.2. The van der Waals surface area contributed by atoms with Crippen molar-refractivity contribution in [1.82, 2.24) is 59.8 Å².